The second kappa shape index (κ2) is 7.53. The van der Waals surface area contributed by atoms with Gasteiger partial charge in [0.2, 0.25) is 0 Å². The Kier molecular flexibility index (Phi) is 7.15. The highest BCUT2D eigenvalue weighted by Gasteiger charge is 2.23. The van der Waals surface area contributed by atoms with E-state index in [2.05, 4.69) is 9.47 Å². The molecule has 0 aliphatic rings. The van der Waals surface area contributed by atoms with Crippen molar-refractivity contribution in [2.24, 2.45) is 5.73 Å². The molecule has 5 nitrogen and oxygen atoms in total. The Morgan fingerprint density at radius 2 is 1.93 bits per heavy atom. The predicted octanol–water partition coefficient (Wildman–Crippen LogP) is 0.172. The molecule has 88 valence electrons. The lowest BCUT2D eigenvalue weighted by Crippen LogP contribution is -2.27. The van der Waals surface area contributed by atoms with Crippen molar-refractivity contribution in [2.45, 2.75) is 24.6 Å². The van der Waals surface area contributed by atoms with Crippen LogP contribution in [0.3, 0.4) is 0 Å². The number of ether oxygens (including phenoxy) is 2. The fourth-order valence-corrected chi connectivity index (χ4v) is 1.87. The van der Waals surface area contributed by atoms with E-state index >= 15 is 0 Å². The number of nitrogens with two attached hydrogens (primary N) is 1. The molecule has 2 N–H and O–H groups in total. The quantitative estimate of drug-likeness (QED) is 0.661. The molecule has 0 rings (SSSR count). The van der Waals surface area contributed by atoms with Gasteiger partial charge >= 0.3 is 11.9 Å². The standard InChI is InChI=1S/C9H17NO4S/c1-6(10)5-15-7(9(12)14-3)4-8(11)13-2/h6-7H,4-5,10H2,1-3H3/t6-,7?/m1/s1. The normalized spacial score (nSPS) is 14.1. The van der Waals surface area contributed by atoms with Gasteiger partial charge in [-0.05, 0) is 6.92 Å². The van der Waals surface area contributed by atoms with Crippen LogP contribution in [0.1, 0.15) is 13.3 Å². The van der Waals surface area contributed by atoms with Crippen LogP contribution in [-0.4, -0.2) is 43.2 Å². The lowest BCUT2D eigenvalue weighted by Gasteiger charge is -2.14. The van der Waals surface area contributed by atoms with Gasteiger partial charge in [0.25, 0.3) is 0 Å². The Balaban J connectivity index is 4.18. The first-order valence-electron chi connectivity index (χ1n) is 4.53. The van der Waals surface area contributed by atoms with Gasteiger partial charge in [-0.3, -0.25) is 9.59 Å². The van der Waals surface area contributed by atoms with Crippen LogP contribution in [0, 0.1) is 0 Å². The smallest absolute Gasteiger partial charge is 0.319 e. The van der Waals surface area contributed by atoms with E-state index in [4.69, 9.17) is 5.73 Å². The minimum absolute atomic E-state index is 0.0144. The van der Waals surface area contributed by atoms with Crippen LogP contribution in [0.4, 0.5) is 0 Å². The maximum Gasteiger partial charge on any atom is 0.319 e. The van der Waals surface area contributed by atoms with E-state index < -0.39 is 17.2 Å². The van der Waals surface area contributed by atoms with Crippen molar-refractivity contribution in [2.75, 3.05) is 20.0 Å². The predicted molar refractivity (Wildman–Crippen MR) is 58.5 cm³/mol. The molecule has 0 aromatic carbocycles. The Bertz CT molecular complexity index is 220. The summed E-state index contributed by atoms with van der Waals surface area (Å²) in [4.78, 5) is 22.3. The zero-order valence-corrected chi connectivity index (χ0v) is 10.0. The van der Waals surface area contributed by atoms with E-state index in [0.717, 1.165) is 0 Å². The second-order valence-corrected chi connectivity index (χ2v) is 4.34. The van der Waals surface area contributed by atoms with Crippen LogP contribution in [-0.2, 0) is 19.1 Å². The lowest BCUT2D eigenvalue weighted by atomic mass is 10.3. The molecule has 0 radical (unpaired) electrons. The number of hydrogen-bond donors (Lipinski definition) is 1. The topological polar surface area (TPSA) is 78.6 Å². The van der Waals surface area contributed by atoms with Gasteiger partial charge in [0.1, 0.15) is 5.25 Å². The van der Waals surface area contributed by atoms with Crippen molar-refractivity contribution >= 4 is 23.7 Å². The first-order valence-corrected chi connectivity index (χ1v) is 5.58. The SMILES string of the molecule is COC(=O)CC(SC[C@@H](C)N)C(=O)OC. The number of rotatable bonds is 6. The summed E-state index contributed by atoms with van der Waals surface area (Å²) in [6.07, 6.45) is 0.0144. The molecule has 0 aliphatic heterocycles. The highest BCUT2D eigenvalue weighted by molar-refractivity contribution is 8.00. The number of thioether (sulfide) groups is 1. The highest BCUT2D eigenvalue weighted by atomic mass is 32.2. The Labute approximate surface area is 93.7 Å². The maximum absolute atomic E-state index is 11.3. The molecule has 0 aromatic heterocycles. The number of esters is 2. The van der Waals surface area contributed by atoms with Gasteiger partial charge in [0.15, 0.2) is 0 Å². The molecule has 2 atom stereocenters. The third kappa shape index (κ3) is 6.35. The van der Waals surface area contributed by atoms with Gasteiger partial charge in [0, 0.05) is 11.8 Å². The molecular formula is C9H17NO4S. The van der Waals surface area contributed by atoms with Crippen LogP contribution in [0.15, 0.2) is 0 Å². The third-order valence-electron chi connectivity index (χ3n) is 1.60. The summed E-state index contributed by atoms with van der Waals surface area (Å²) >= 11 is 1.31. The Morgan fingerprint density at radius 1 is 1.33 bits per heavy atom. The third-order valence-corrected chi connectivity index (χ3v) is 3.08. The molecule has 0 fully saturated rings. The van der Waals surface area contributed by atoms with Crippen molar-refractivity contribution in [1.29, 1.82) is 0 Å². The zero-order valence-electron chi connectivity index (χ0n) is 9.19. The molecule has 0 aromatic rings. The fraction of sp³-hybridized carbons (Fsp3) is 0.778. The van der Waals surface area contributed by atoms with Crippen LogP contribution >= 0.6 is 11.8 Å². The molecule has 1 unspecified atom stereocenters. The summed E-state index contributed by atoms with van der Waals surface area (Å²) in [6.45, 7) is 1.83. The number of carbonyl (C=O) groups is 2. The summed E-state index contributed by atoms with van der Waals surface area (Å²) in [5, 5.41) is -0.534. The Hall–Kier alpha value is -0.750. The van der Waals surface area contributed by atoms with Crippen molar-refractivity contribution in [3.8, 4) is 0 Å². The van der Waals surface area contributed by atoms with Crippen LogP contribution in [0.25, 0.3) is 0 Å². The van der Waals surface area contributed by atoms with Crippen molar-refractivity contribution in [3.63, 3.8) is 0 Å². The second-order valence-electron chi connectivity index (χ2n) is 3.10. The molecule has 0 bridgehead atoms. The van der Waals surface area contributed by atoms with E-state index in [0.29, 0.717) is 5.75 Å². The molecule has 6 heteroatoms. The van der Waals surface area contributed by atoms with Crippen LogP contribution in [0.2, 0.25) is 0 Å². The fourth-order valence-electron chi connectivity index (χ4n) is 0.844. The van der Waals surface area contributed by atoms with Crippen LogP contribution in [0.5, 0.6) is 0 Å². The molecular weight excluding hydrogens is 218 g/mol. The first-order chi connectivity index (χ1) is 7.01. The molecule has 0 saturated carbocycles. The summed E-state index contributed by atoms with van der Waals surface area (Å²) in [6, 6.07) is -0.0280. The van der Waals surface area contributed by atoms with Gasteiger partial charge in [-0.1, -0.05) is 0 Å². The maximum atomic E-state index is 11.3. The minimum atomic E-state index is -0.534. The molecule has 15 heavy (non-hydrogen) atoms. The average Bonchev–Trinajstić information content (AvgIpc) is 2.22. The number of carbonyl (C=O) groups excluding carboxylic acids is 2. The lowest BCUT2D eigenvalue weighted by molar-refractivity contribution is -0.146. The molecule has 0 saturated heterocycles. The Morgan fingerprint density at radius 3 is 2.33 bits per heavy atom. The molecule has 0 heterocycles. The van der Waals surface area contributed by atoms with E-state index in [-0.39, 0.29) is 12.5 Å². The first kappa shape index (κ1) is 14.2. The van der Waals surface area contributed by atoms with Crippen molar-refractivity contribution in [1.82, 2.24) is 0 Å². The summed E-state index contributed by atoms with van der Waals surface area (Å²) in [5.41, 5.74) is 5.56. The van der Waals surface area contributed by atoms with Crippen molar-refractivity contribution in [3.05, 3.63) is 0 Å². The molecule has 0 spiro atoms. The average molecular weight is 235 g/mol. The van der Waals surface area contributed by atoms with E-state index in [1.165, 1.54) is 26.0 Å². The summed E-state index contributed by atoms with van der Waals surface area (Å²) < 4.78 is 9.07. The minimum Gasteiger partial charge on any atom is -0.469 e. The monoisotopic (exact) mass is 235 g/mol. The van der Waals surface area contributed by atoms with Gasteiger partial charge in [-0.15, -0.1) is 11.8 Å². The van der Waals surface area contributed by atoms with Gasteiger partial charge in [0.05, 0.1) is 20.6 Å². The molecule has 0 aliphatic carbocycles. The van der Waals surface area contributed by atoms with E-state index in [1.807, 2.05) is 6.92 Å². The van der Waals surface area contributed by atoms with E-state index in [9.17, 15) is 9.59 Å². The van der Waals surface area contributed by atoms with E-state index in [1.54, 1.807) is 0 Å². The zero-order chi connectivity index (χ0) is 11.8. The summed E-state index contributed by atoms with van der Waals surface area (Å²) in [7, 11) is 2.58. The molecule has 0 amide bonds. The number of methoxy groups -OCH3 is 2. The van der Waals surface area contributed by atoms with Gasteiger partial charge < -0.3 is 15.2 Å². The largest absolute Gasteiger partial charge is 0.469 e. The van der Waals surface area contributed by atoms with Crippen molar-refractivity contribution < 1.29 is 19.1 Å². The number of hydrogen-bond acceptors (Lipinski definition) is 6. The van der Waals surface area contributed by atoms with Gasteiger partial charge in [-0.25, -0.2) is 0 Å². The van der Waals surface area contributed by atoms with Gasteiger partial charge in [-0.2, -0.15) is 0 Å². The van der Waals surface area contributed by atoms with Crippen LogP contribution < -0.4 is 5.73 Å². The highest BCUT2D eigenvalue weighted by Crippen LogP contribution is 2.17. The summed E-state index contributed by atoms with van der Waals surface area (Å²) in [5.74, 6) is -0.259.